The Morgan fingerprint density at radius 1 is 0.711 bits per heavy atom. The lowest BCUT2D eigenvalue weighted by Gasteiger charge is -2.24. The van der Waals surface area contributed by atoms with Crippen molar-refractivity contribution in [3.63, 3.8) is 0 Å². The summed E-state index contributed by atoms with van der Waals surface area (Å²) in [6, 6.07) is 35.0. The third-order valence-electron chi connectivity index (χ3n) is 7.62. The number of fused-ring (bicyclic) bond motifs is 7. The molecule has 1 unspecified atom stereocenters. The summed E-state index contributed by atoms with van der Waals surface area (Å²) >= 11 is 1.98. The Kier molecular flexibility index (Phi) is 4.85. The number of nitrogens with zero attached hydrogens (tertiary/aromatic N) is 4. The van der Waals surface area contributed by atoms with Gasteiger partial charge in [0.1, 0.15) is 12.7 Å². The Hall–Kier alpha value is -4.48. The molecule has 0 N–H and O–H groups in total. The highest BCUT2D eigenvalue weighted by molar-refractivity contribution is 8.00. The summed E-state index contributed by atoms with van der Waals surface area (Å²) in [4.78, 5) is 13.9. The lowest BCUT2D eigenvalue weighted by atomic mass is 9.85. The number of rotatable bonds is 3. The van der Waals surface area contributed by atoms with Gasteiger partial charge < -0.3 is 4.57 Å². The van der Waals surface area contributed by atoms with E-state index in [4.69, 9.17) is 0 Å². The molecule has 1 aliphatic carbocycles. The van der Waals surface area contributed by atoms with Crippen molar-refractivity contribution in [3.8, 4) is 28.2 Å². The van der Waals surface area contributed by atoms with Crippen LogP contribution in [0.4, 0.5) is 0 Å². The Morgan fingerprint density at radius 2 is 1.45 bits per heavy atom. The van der Waals surface area contributed by atoms with Crippen LogP contribution < -0.4 is 0 Å². The number of hydrogen-bond acceptors (Lipinski definition) is 4. The lowest BCUT2D eigenvalue weighted by Crippen LogP contribution is -2.17. The Labute approximate surface area is 224 Å². The normalized spacial score (nSPS) is 17.3. The molecule has 0 saturated carbocycles. The molecule has 0 fully saturated rings. The minimum Gasteiger partial charge on any atom is -0.312 e. The van der Waals surface area contributed by atoms with E-state index in [-0.39, 0.29) is 0 Å². The van der Waals surface area contributed by atoms with Crippen molar-refractivity contribution in [2.45, 2.75) is 16.1 Å². The fourth-order valence-corrected chi connectivity index (χ4v) is 7.28. The van der Waals surface area contributed by atoms with Gasteiger partial charge in [-0.1, -0.05) is 78.9 Å². The molecule has 0 saturated heterocycles. The molecule has 4 aromatic carbocycles. The first-order valence-corrected chi connectivity index (χ1v) is 13.6. The molecule has 6 aromatic rings. The van der Waals surface area contributed by atoms with E-state index in [0.717, 1.165) is 5.56 Å². The predicted octanol–water partition coefficient (Wildman–Crippen LogP) is 7.78. The number of para-hydroxylation sites is 1. The summed E-state index contributed by atoms with van der Waals surface area (Å²) in [7, 11) is 0. The minimum atomic E-state index is 0.326. The van der Waals surface area contributed by atoms with E-state index in [1.807, 2.05) is 11.8 Å². The third kappa shape index (κ3) is 3.29. The number of hydrogen-bond donors (Lipinski definition) is 0. The Bertz CT molecular complexity index is 1840. The molecule has 0 spiro atoms. The molecule has 180 valence electrons. The van der Waals surface area contributed by atoms with E-state index < -0.39 is 0 Å². The second kappa shape index (κ2) is 8.54. The maximum Gasteiger partial charge on any atom is 0.162 e. The predicted molar refractivity (Wildman–Crippen MR) is 154 cm³/mol. The first kappa shape index (κ1) is 21.6. The van der Waals surface area contributed by atoms with Crippen LogP contribution in [0.15, 0.2) is 121 Å². The van der Waals surface area contributed by atoms with Gasteiger partial charge >= 0.3 is 0 Å². The Balaban J connectivity index is 1.32. The van der Waals surface area contributed by atoms with Crippen molar-refractivity contribution < 1.29 is 0 Å². The maximum absolute atomic E-state index is 4.28. The zero-order chi connectivity index (χ0) is 25.1. The molecule has 0 amide bonds. The van der Waals surface area contributed by atoms with E-state index in [9.17, 15) is 0 Å². The van der Waals surface area contributed by atoms with Crippen LogP contribution in [0.2, 0.25) is 0 Å². The van der Waals surface area contributed by atoms with Crippen LogP contribution in [0.1, 0.15) is 22.7 Å². The molecule has 8 rings (SSSR count). The van der Waals surface area contributed by atoms with Gasteiger partial charge in [0, 0.05) is 44.0 Å². The standard InChI is InChI=1S/C33H22N4S/c1-2-6-24(7-3-1)37-28-16-14-23(21-10-12-22(13-11-21)33-35-19-34-20-36-33)18-27(28)25-15-17-30-31(32(25)37)26-8-4-5-9-29(26)38-30/h1-20,30-31H/t30-,31?/m0/s1. The van der Waals surface area contributed by atoms with Gasteiger partial charge in [-0.25, -0.2) is 15.0 Å². The van der Waals surface area contributed by atoms with Crippen molar-refractivity contribution in [3.05, 3.63) is 133 Å². The summed E-state index contributed by atoms with van der Waals surface area (Å²) in [5, 5.41) is 1.70. The lowest BCUT2D eigenvalue weighted by molar-refractivity contribution is 0.783. The zero-order valence-corrected chi connectivity index (χ0v) is 21.2. The fraction of sp³-hybridized carbons (Fsp3) is 0.0606. The van der Waals surface area contributed by atoms with Crippen LogP contribution in [0.3, 0.4) is 0 Å². The van der Waals surface area contributed by atoms with Crippen LogP contribution in [0.5, 0.6) is 0 Å². The van der Waals surface area contributed by atoms with Crippen molar-refractivity contribution in [2.24, 2.45) is 0 Å². The SMILES string of the molecule is C1=C[C@@H]2Sc3ccccc3C2c2c1c1cc(-c3ccc(-c4ncncn4)cc3)ccc1n2-c1ccccc1. The van der Waals surface area contributed by atoms with Gasteiger partial charge in [0.05, 0.1) is 5.52 Å². The summed E-state index contributed by atoms with van der Waals surface area (Å²) < 4.78 is 2.49. The molecule has 3 heterocycles. The highest BCUT2D eigenvalue weighted by Gasteiger charge is 2.39. The fourth-order valence-electron chi connectivity index (χ4n) is 5.93. The van der Waals surface area contributed by atoms with E-state index in [2.05, 4.69) is 129 Å². The first-order valence-electron chi connectivity index (χ1n) is 12.8. The quantitative estimate of drug-likeness (QED) is 0.246. The third-order valence-corrected chi connectivity index (χ3v) is 8.95. The molecule has 5 heteroatoms. The maximum atomic E-state index is 4.28. The van der Waals surface area contributed by atoms with Gasteiger partial charge in [-0.3, -0.25) is 0 Å². The Morgan fingerprint density at radius 3 is 2.29 bits per heavy atom. The number of thioether (sulfide) groups is 1. The summed E-state index contributed by atoms with van der Waals surface area (Å²) in [6.45, 7) is 0. The van der Waals surface area contributed by atoms with E-state index in [1.165, 1.54) is 62.1 Å². The van der Waals surface area contributed by atoms with Crippen molar-refractivity contribution in [1.29, 1.82) is 0 Å². The summed E-state index contributed by atoms with van der Waals surface area (Å²) in [5.74, 6) is 1.01. The smallest absolute Gasteiger partial charge is 0.162 e. The molecule has 2 atom stereocenters. The van der Waals surface area contributed by atoms with Gasteiger partial charge in [0.15, 0.2) is 5.82 Å². The molecule has 2 aliphatic rings. The summed E-state index contributed by atoms with van der Waals surface area (Å²) in [6.07, 6.45) is 7.82. The van der Waals surface area contributed by atoms with E-state index >= 15 is 0 Å². The van der Waals surface area contributed by atoms with E-state index in [0.29, 0.717) is 17.0 Å². The molecule has 4 nitrogen and oxygen atoms in total. The van der Waals surface area contributed by atoms with Gasteiger partial charge in [-0.15, -0.1) is 11.8 Å². The van der Waals surface area contributed by atoms with Crippen LogP contribution in [-0.4, -0.2) is 24.8 Å². The van der Waals surface area contributed by atoms with Gasteiger partial charge in [0.25, 0.3) is 0 Å². The molecule has 38 heavy (non-hydrogen) atoms. The molecule has 1 aliphatic heterocycles. The summed E-state index contributed by atoms with van der Waals surface area (Å²) in [5.41, 5.74) is 9.95. The zero-order valence-electron chi connectivity index (χ0n) is 20.4. The van der Waals surface area contributed by atoms with Crippen molar-refractivity contribution in [1.82, 2.24) is 19.5 Å². The van der Waals surface area contributed by atoms with Crippen molar-refractivity contribution in [2.75, 3.05) is 0 Å². The number of benzene rings is 4. The van der Waals surface area contributed by atoms with Gasteiger partial charge in [-0.05, 0) is 47.0 Å². The van der Waals surface area contributed by atoms with Crippen LogP contribution in [-0.2, 0) is 0 Å². The monoisotopic (exact) mass is 506 g/mol. The minimum absolute atomic E-state index is 0.326. The van der Waals surface area contributed by atoms with Crippen LogP contribution in [0, 0.1) is 0 Å². The molecule has 2 aromatic heterocycles. The molecule has 0 radical (unpaired) electrons. The second-order valence-corrected chi connectivity index (χ2v) is 10.9. The second-order valence-electron chi connectivity index (χ2n) is 9.70. The molecular formula is C33H22N4S. The topological polar surface area (TPSA) is 43.6 Å². The van der Waals surface area contributed by atoms with Crippen LogP contribution in [0.25, 0.3) is 45.2 Å². The first-order chi connectivity index (χ1) is 18.8. The number of aromatic nitrogens is 4. The van der Waals surface area contributed by atoms with Crippen LogP contribution >= 0.6 is 11.8 Å². The average Bonchev–Trinajstić information content (AvgIpc) is 3.53. The highest BCUT2D eigenvalue weighted by atomic mass is 32.2. The van der Waals surface area contributed by atoms with Crippen molar-refractivity contribution >= 4 is 28.7 Å². The van der Waals surface area contributed by atoms with Gasteiger partial charge in [0.2, 0.25) is 0 Å². The van der Waals surface area contributed by atoms with E-state index in [1.54, 1.807) is 0 Å². The van der Waals surface area contributed by atoms with Gasteiger partial charge in [-0.2, -0.15) is 0 Å². The average molecular weight is 507 g/mol. The molecular weight excluding hydrogens is 484 g/mol. The highest BCUT2D eigenvalue weighted by Crippen LogP contribution is 2.54. The molecule has 0 bridgehead atoms. The largest absolute Gasteiger partial charge is 0.312 e.